The number of hydrogen-bond donors (Lipinski definition) is 1. The lowest BCUT2D eigenvalue weighted by Gasteiger charge is -2.50. The number of rotatable bonds is 7. The highest BCUT2D eigenvalue weighted by atomic mass is 16.5. The lowest BCUT2D eigenvalue weighted by Crippen LogP contribution is -2.69. The van der Waals surface area contributed by atoms with E-state index in [1.54, 1.807) is 12.0 Å². The summed E-state index contributed by atoms with van der Waals surface area (Å²) in [6.45, 7) is 1.19. The molecule has 5 nitrogen and oxygen atoms in total. The number of nitrogens with zero attached hydrogens (tertiary/aromatic N) is 1. The number of ether oxygens (including phenoxy) is 1. The van der Waals surface area contributed by atoms with Crippen LogP contribution in [0.3, 0.4) is 0 Å². The molecule has 5 heteroatoms. The second-order valence-corrected chi connectivity index (χ2v) is 6.68. The molecule has 0 aliphatic carbocycles. The molecule has 1 amide bonds. The van der Waals surface area contributed by atoms with E-state index in [0.717, 1.165) is 23.8 Å². The maximum Gasteiger partial charge on any atom is 0.257 e. The minimum atomic E-state index is -0.159. The summed E-state index contributed by atoms with van der Waals surface area (Å²) in [5, 5.41) is 3.26. The zero-order valence-corrected chi connectivity index (χ0v) is 15.2. The zero-order valence-electron chi connectivity index (χ0n) is 15.2. The van der Waals surface area contributed by atoms with E-state index in [0.29, 0.717) is 30.8 Å². The number of carbonyl (C=O) groups is 2. The largest absolute Gasteiger partial charge is 0.496 e. The zero-order chi connectivity index (χ0) is 18.6. The first-order chi connectivity index (χ1) is 12.6. The van der Waals surface area contributed by atoms with Crippen LogP contribution in [-0.4, -0.2) is 49.9 Å². The van der Waals surface area contributed by atoms with Crippen LogP contribution in [0, 0.1) is 0 Å². The van der Waals surface area contributed by atoms with Gasteiger partial charge in [0.25, 0.3) is 5.91 Å². The van der Waals surface area contributed by atoms with E-state index in [9.17, 15) is 9.59 Å². The van der Waals surface area contributed by atoms with Crippen molar-refractivity contribution in [3.8, 4) is 16.9 Å². The van der Waals surface area contributed by atoms with E-state index in [1.807, 2.05) is 55.6 Å². The fourth-order valence-electron chi connectivity index (χ4n) is 3.45. The molecule has 0 radical (unpaired) electrons. The minimum Gasteiger partial charge on any atom is -0.496 e. The number of hydrogen-bond acceptors (Lipinski definition) is 4. The summed E-state index contributed by atoms with van der Waals surface area (Å²) in [6.07, 6.45) is 2.16. The quantitative estimate of drug-likeness (QED) is 0.779. The van der Waals surface area contributed by atoms with Crippen molar-refractivity contribution in [3.63, 3.8) is 0 Å². The van der Waals surface area contributed by atoms with Gasteiger partial charge in [0.2, 0.25) is 0 Å². The Morgan fingerprint density at radius 1 is 1.19 bits per heavy atom. The van der Waals surface area contributed by atoms with Gasteiger partial charge in [0.1, 0.15) is 12.0 Å². The van der Waals surface area contributed by atoms with Crippen molar-refractivity contribution in [2.24, 2.45) is 0 Å². The monoisotopic (exact) mass is 352 g/mol. The molecule has 2 aromatic rings. The maximum atomic E-state index is 12.9. The van der Waals surface area contributed by atoms with Gasteiger partial charge in [-0.3, -0.25) is 4.79 Å². The number of benzene rings is 2. The molecule has 0 aromatic heterocycles. The SMILES string of the molecule is CNC1(CCC=O)CN(C(=O)c2ccc(-c3ccccc3)cc2OC)C1. The van der Waals surface area contributed by atoms with Crippen LogP contribution >= 0.6 is 0 Å². The summed E-state index contributed by atoms with van der Waals surface area (Å²) in [4.78, 5) is 25.3. The van der Waals surface area contributed by atoms with Gasteiger partial charge in [0.05, 0.1) is 18.2 Å². The maximum absolute atomic E-state index is 12.9. The summed E-state index contributed by atoms with van der Waals surface area (Å²) in [7, 11) is 3.46. The van der Waals surface area contributed by atoms with Crippen LogP contribution in [0.1, 0.15) is 23.2 Å². The second kappa shape index (κ2) is 7.70. The molecule has 0 unspecified atom stereocenters. The molecule has 26 heavy (non-hydrogen) atoms. The molecular formula is C21H24N2O3. The van der Waals surface area contributed by atoms with Crippen molar-refractivity contribution in [2.75, 3.05) is 27.2 Å². The van der Waals surface area contributed by atoms with Gasteiger partial charge in [-0.15, -0.1) is 0 Å². The molecule has 1 aliphatic rings. The highest BCUT2D eigenvalue weighted by molar-refractivity contribution is 5.98. The van der Waals surface area contributed by atoms with Gasteiger partial charge in [-0.05, 0) is 36.7 Å². The predicted molar refractivity (Wildman–Crippen MR) is 101 cm³/mol. The molecule has 1 N–H and O–H groups in total. The summed E-state index contributed by atoms with van der Waals surface area (Å²) in [6, 6.07) is 15.7. The average molecular weight is 352 g/mol. The molecule has 0 spiro atoms. The van der Waals surface area contributed by atoms with Crippen molar-refractivity contribution < 1.29 is 14.3 Å². The lowest BCUT2D eigenvalue weighted by molar-refractivity contribution is -0.108. The molecule has 1 aliphatic heterocycles. The van der Waals surface area contributed by atoms with E-state index in [-0.39, 0.29) is 11.4 Å². The standard InChI is InChI=1S/C21H24N2O3/c1-22-21(11-6-12-24)14-23(15-21)20(25)18-10-9-17(13-19(18)26-2)16-7-4-3-5-8-16/h3-5,7-10,12-13,22H,6,11,14-15H2,1-2H3. The number of aldehydes is 1. The third-order valence-corrected chi connectivity index (χ3v) is 5.08. The Kier molecular flexibility index (Phi) is 5.38. The van der Waals surface area contributed by atoms with Crippen molar-refractivity contribution in [2.45, 2.75) is 18.4 Å². The average Bonchev–Trinajstić information content (AvgIpc) is 2.67. The van der Waals surface area contributed by atoms with E-state index in [4.69, 9.17) is 4.74 Å². The molecule has 0 bridgehead atoms. The Bertz CT molecular complexity index is 783. The van der Waals surface area contributed by atoms with Gasteiger partial charge in [-0.25, -0.2) is 0 Å². The number of likely N-dealkylation sites (N-methyl/N-ethyl adjacent to an activating group) is 1. The minimum absolute atomic E-state index is 0.0431. The number of methoxy groups -OCH3 is 1. The van der Waals surface area contributed by atoms with Crippen LogP contribution in [0.5, 0.6) is 5.75 Å². The Hall–Kier alpha value is -2.66. The Balaban J connectivity index is 1.77. The smallest absolute Gasteiger partial charge is 0.257 e. The van der Waals surface area contributed by atoms with Crippen molar-refractivity contribution >= 4 is 12.2 Å². The van der Waals surface area contributed by atoms with Crippen LogP contribution in [0.15, 0.2) is 48.5 Å². The van der Waals surface area contributed by atoms with Crippen LogP contribution in [0.4, 0.5) is 0 Å². The highest BCUT2D eigenvalue weighted by Crippen LogP contribution is 2.32. The van der Waals surface area contributed by atoms with Crippen molar-refractivity contribution in [1.82, 2.24) is 10.2 Å². The van der Waals surface area contributed by atoms with Gasteiger partial charge in [-0.2, -0.15) is 0 Å². The molecule has 0 atom stereocenters. The second-order valence-electron chi connectivity index (χ2n) is 6.68. The number of carbonyl (C=O) groups excluding carboxylic acids is 2. The van der Waals surface area contributed by atoms with Gasteiger partial charge < -0.3 is 19.7 Å². The fourth-order valence-corrected chi connectivity index (χ4v) is 3.45. The van der Waals surface area contributed by atoms with E-state index in [1.165, 1.54) is 0 Å². The Labute approximate surface area is 154 Å². The summed E-state index contributed by atoms with van der Waals surface area (Å²) in [5.41, 5.74) is 2.50. The molecular weight excluding hydrogens is 328 g/mol. The van der Waals surface area contributed by atoms with Gasteiger partial charge in [0, 0.05) is 19.5 Å². The molecule has 136 valence electrons. The lowest BCUT2D eigenvalue weighted by atomic mass is 9.84. The first-order valence-corrected chi connectivity index (χ1v) is 8.78. The highest BCUT2D eigenvalue weighted by Gasteiger charge is 2.44. The topological polar surface area (TPSA) is 58.6 Å². The van der Waals surface area contributed by atoms with Gasteiger partial charge >= 0.3 is 0 Å². The molecule has 1 heterocycles. The first kappa shape index (κ1) is 18.1. The van der Waals surface area contributed by atoms with E-state index >= 15 is 0 Å². The van der Waals surface area contributed by atoms with Gasteiger partial charge in [-0.1, -0.05) is 36.4 Å². The van der Waals surface area contributed by atoms with Crippen molar-refractivity contribution in [3.05, 3.63) is 54.1 Å². The molecule has 2 aromatic carbocycles. The van der Waals surface area contributed by atoms with Crippen LogP contribution in [0.25, 0.3) is 11.1 Å². The van der Waals surface area contributed by atoms with Gasteiger partial charge in [0.15, 0.2) is 0 Å². The van der Waals surface area contributed by atoms with Crippen LogP contribution < -0.4 is 10.1 Å². The first-order valence-electron chi connectivity index (χ1n) is 8.78. The summed E-state index contributed by atoms with van der Waals surface area (Å²) >= 11 is 0. The fraction of sp³-hybridized carbons (Fsp3) is 0.333. The van der Waals surface area contributed by atoms with Crippen LogP contribution in [0.2, 0.25) is 0 Å². The summed E-state index contributed by atoms with van der Waals surface area (Å²) in [5.74, 6) is 0.532. The summed E-state index contributed by atoms with van der Waals surface area (Å²) < 4.78 is 5.48. The third kappa shape index (κ3) is 3.48. The molecule has 3 rings (SSSR count). The molecule has 1 fully saturated rings. The van der Waals surface area contributed by atoms with Crippen molar-refractivity contribution in [1.29, 1.82) is 0 Å². The van der Waals surface area contributed by atoms with E-state index in [2.05, 4.69) is 5.32 Å². The predicted octanol–water partition coefficient (Wildman–Crippen LogP) is 2.76. The number of amides is 1. The third-order valence-electron chi connectivity index (χ3n) is 5.08. The van der Waals surface area contributed by atoms with E-state index < -0.39 is 0 Å². The molecule has 1 saturated heterocycles. The molecule has 0 saturated carbocycles. The number of nitrogens with one attached hydrogen (secondary N) is 1. The normalized spacial score (nSPS) is 15.2. The number of likely N-dealkylation sites (tertiary alicyclic amines) is 1. The van der Waals surface area contributed by atoms with Crippen LogP contribution in [-0.2, 0) is 4.79 Å². The Morgan fingerprint density at radius 2 is 1.92 bits per heavy atom. The Morgan fingerprint density at radius 3 is 2.54 bits per heavy atom.